The molecular formula is C21H21ClN2O7S. The van der Waals surface area contributed by atoms with Crippen LogP contribution in [0.25, 0.3) is 0 Å². The first kappa shape index (κ1) is 23.4. The lowest BCUT2D eigenvalue weighted by atomic mass is 9.95. The average Bonchev–Trinajstić information content (AvgIpc) is 2.78. The van der Waals surface area contributed by atoms with Gasteiger partial charge in [0.25, 0.3) is 0 Å². The Hall–Kier alpha value is -3.24. The van der Waals surface area contributed by atoms with Crippen LogP contribution in [0.4, 0.5) is 4.79 Å². The maximum absolute atomic E-state index is 13.3. The number of esters is 1. The zero-order valence-electron chi connectivity index (χ0n) is 17.5. The second-order valence-corrected chi connectivity index (χ2v) is 9.14. The minimum absolute atomic E-state index is 0.0418. The number of methoxy groups -OCH3 is 3. The number of benzene rings is 2. The standard InChI is InChI=1S/C21H21ClN2O7S/c1-29-14-8-9-16(30-2)17(10-14)32(27,28)11-15-18(20(25)31-3)19(24-21(26)23-15)12-4-6-13(22)7-5-12/h4-10,19H,11H2,1-3H3,(H2,23,24,26)/t19-/m0/s1. The Balaban J connectivity index is 2.13. The van der Waals surface area contributed by atoms with Crippen molar-refractivity contribution in [1.29, 1.82) is 0 Å². The highest BCUT2D eigenvalue weighted by molar-refractivity contribution is 7.91. The van der Waals surface area contributed by atoms with Crippen LogP contribution in [0.15, 0.2) is 58.6 Å². The van der Waals surface area contributed by atoms with Crippen LogP contribution in [-0.4, -0.2) is 47.5 Å². The van der Waals surface area contributed by atoms with Crippen LogP contribution in [-0.2, 0) is 19.4 Å². The molecule has 0 unspecified atom stereocenters. The highest BCUT2D eigenvalue weighted by Crippen LogP contribution is 2.33. The molecule has 0 aromatic heterocycles. The van der Waals surface area contributed by atoms with Crippen LogP contribution in [0.2, 0.25) is 5.02 Å². The van der Waals surface area contributed by atoms with Crippen molar-refractivity contribution in [2.45, 2.75) is 10.9 Å². The summed E-state index contributed by atoms with van der Waals surface area (Å²) in [5.41, 5.74) is 0.379. The van der Waals surface area contributed by atoms with Crippen LogP contribution >= 0.6 is 11.6 Å². The fourth-order valence-corrected chi connectivity index (χ4v) is 4.93. The molecule has 170 valence electrons. The average molecular weight is 481 g/mol. The molecule has 2 amide bonds. The third-order valence-electron chi connectivity index (χ3n) is 4.80. The Morgan fingerprint density at radius 2 is 1.75 bits per heavy atom. The molecule has 1 heterocycles. The van der Waals surface area contributed by atoms with Gasteiger partial charge in [-0.2, -0.15) is 0 Å². The second kappa shape index (κ2) is 9.49. The smallest absolute Gasteiger partial charge is 0.338 e. The van der Waals surface area contributed by atoms with E-state index in [1.807, 2.05) is 0 Å². The van der Waals surface area contributed by atoms with Crippen LogP contribution in [0.3, 0.4) is 0 Å². The number of nitrogens with one attached hydrogen (secondary N) is 2. The monoisotopic (exact) mass is 480 g/mol. The van der Waals surface area contributed by atoms with E-state index in [0.29, 0.717) is 16.3 Å². The number of carbonyl (C=O) groups is 2. The number of ether oxygens (including phenoxy) is 3. The minimum Gasteiger partial charge on any atom is -0.497 e. The van der Waals surface area contributed by atoms with Crippen molar-refractivity contribution in [3.8, 4) is 11.5 Å². The first-order chi connectivity index (χ1) is 15.2. The largest absolute Gasteiger partial charge is 0.497 e. The van der Waals surface area contributed by atoms with Crippen molar-refractivity contribution in [1.82, 2.24) is 10.6 Å². The molecule has 3 rings (SSSR count). The lowest BCUT2D eigenvalue weighted by Crippen LogP contribution is -2.47. The molecule has 0 aliphatic carbocycles. The lowest BCUT2D eigenvalue weighted by Gasteiger charge is -2.29. The number of rotatable bonds is 7. The molecule has 0 saturated carbocycles. The summed E-state index contributed by atoms with van der Waals surface area (Å²) in [7, 11) is -0.173. The van der Waals surface area contributed by atoms with Gasteiger partial charge in [-0.25, -0.2) is 18.0 Å². The zero-order valence-corrected chi connectivity index (χ0v) is 19.0. The molecule has 0 bridgehead atoms. The number of urea groups is 1. The van der Waals surface area contributed by atoms with Gasteiger partial charge in [0.15, 0.2) is 9.84 Å². The minimum atomic E-state index is -4.08. The number of halogens is 1. The summed E-state index contributed by atoms with van der Waals surface area (Å²) in [4.78, 5) is 24.8. The second-order valence-electron chi connectivity index (χ2n) is 6.74. The van der Waals surface area contributed by atoms with Gasteiger partial charge in [0.05, 0.1) is 38.7 Å². The van der Waals surface area contributed by atoms with Crippen molar-refractivity contribution in [2.75, 3.05) is 27.1 Å². The molecule has 1 aliphatic rings. The molecule has 9 nitrogen and oxygen atoms in total. The van der Waals surface area contributed by atoms with Gasteiger partial charge in [-0.1, -0.05) is 23.7 Å². The van der Waals surface area contributed by atoms with Crippen LogP contribution in [0.5, 0.6) is 11.5 Å². The third kappa shape index (κ3) is 4.81. The number of amides is 2. The lowest BCUT2D eigenvalue weighted by molar-refractivity contribution is -0.136. The number of sulfone groups is 1. The predicted octanol–water partition coefficient (Wildman–Crippen LogP) is 2.61. The fraction of sp³-hybridized carbons (Fsp3) is 0.238. The maximum Gasteiger partial charge on any atom is 0.338 e. The molecule has 2 aromatic carbocycles. The van der Waals surface area contributed by atoms with Crippen LogP contribution in [0.1, 0.15) is 11.6 Å². The topological polar surface area (TPSA) is 120 Å². The van der Waals surface area contributed by atoms with Gasteiger partial charge in [0.2, 0.25) is 0 Å². The van der Waals surface area contributed by atoms with E-state index in [-0.39, 0.29) is 21.9 Å². The number of hydrogen-bond donors (Lipinski definition) is 2. The Labute approximate surface area is 190 Å². The number of carbonyl (C=O) groups excluding carboxylic acids is 2. The molecule has 2 aromatic rings. The van der Waals surface area contributed by atoms with E-state index >= 15 is 0 Å². The predicted molar refractivity (Wildman–Crippen MR) is 117 cm³/mol. The highest BCUT2D eigenvalue weighted by atomic mass is 35.5. The van der Waals surface area contributed by atoms with Crippen molar-refractivity contribution in [3.63, 3.8) is 0 Å². The Bertz CT molecular complexity index is 1180. The van der Waals surface area contributed by atoms with E-state index in [9.17, 15) is 18.0 Å². The summed E-state index contributed by atoms with van der Waals surface area (Å²) >= 11 is 5.94. The molecule has 0 radical (unpaired) electrons. The van der Waals surface area contributed by atoms with Crippen LogP contribution in [0, 0.1) is 0 Å². The van der Waals surface area contributed by atoms with Gasteiger partial charge in [0.1, 0.15) is 16.4 Å². The summed E-state index contributed by atoms with van der Waals surface area (Å²) < 4.78 is 41.8. The van der Waals surface area contributed by atoms with E-state index < -0.39 is 33.6 Å². The number of hydrogen-bond acceptors (Lipinski definition) is 7. The summed E-state index contributed by atoms with van der Waals surface area (Å²) in [6.45, 7) is 0. The van der Waals surface area contributed by atoms with E-state index in [1.165, 1.54) is 33.5 Å². The van der Waals surface area contributed by atoms with Gasteiger partial charge >= 0.3 is 12.0 Å². The third-order valence-corrected chi connectivity index (χ3v) is 6.71. The quantitative estimate of drug-likeness (QED) is 0.584. The molecule has 0 saturated heterocycles. The van der Waals surface area contributed by atoms with Crippen LogP contribution < -0.4 is 20.1 Å². The molecule has 0 fully saturated rings. The first-order valence-electron chi connectivity index (χ1n) is 9.29. The molecule has 1 aliphatic heterocycles. The molecule has 32 heavy (non-hydrogen) atoms. The van der Waals surface area contributed by atoms with Crippen molar-refractivity contribution in [3.05, 3.63) is 64.3 Å². The molecule has 1 atom stereocenters. The van der Waals surface area contributed by atoms with E-state index in [1.54, 1.807) is 30.3 Å². The first-order valence-corrected chi connectivity index (χ1v) is 11.3. The maximum atomic E-state index is 13.3. The molecule has 0 spiro atoms. The highest BCUT2D eigenvalue weighted by Gasteiger charge is 2.36. The molecule has 11 heteroatoms. The van der Waals surface area contributed by atoms with Gasteiger partial charge in [-0.05, 0) is 29.8 Å². The summed E-state index contributed by atoms with van der Waals surface area (Å²) in [5, 5.41) is 5.52. The molecular weight excluding hydrogens is 460 g/mol. The van der Waals surface area contributed by atoms with E-state index in [2.05, 4.69) is 10.6 Å². The van der Waals surface area contributed by atoms with Gasteiger partial charge < -0.3 is 24.8 Å². The van der Waals surface area contributed by atoms with Crippen molar-refractivity contribution < 1.29 is 32.2 Å². The molecule has 2 N–H and O–H groups in total. The normalized spacial score (nSPS) is 16.1. The van der Waals surface area contributed by atoms with E-state index in [4.69, 9.17) is 25.8 Å². The SMILES string of the molecule is COC(=O)C1=C(CS(=O)(=O)c2cc(OC)ccc2OC)NC(=O)N[C@H]1c1ccc(Cl)cc1. The Morgan fingerprint density at radius 3 is 2.34 bits per heavy atom. The summed E-state index contributed by atoms with van der Waals surface area (Å²) in [5.74, 6) is -1.07. The van der Waals surface area contributed by atoms with E-state index in [0.717, 1.165) is 0 Å². The van der Waals surface area contributed by atoms with Crippen molar-refractivity contribution in [2.24, 2.45) is 0 Å². The fourth-order valence-electron chi connectivity index (χ4n) is 3.28. The Morgan fingerprint density at radius 1 is 1.06 bits per heavy atom. The van der Waals surface area contributed by atoms with Crippen molar-refractivity contribution >= 4 is 33.4 Å². The van der Waals surface area contributed by atoms with Gasteiger partial charge in [-0.3, -0.25) is 0 Å². The Kier molecular flexibility index (Phi) is 6.95. The zero-order chi connectivity index (χ0) is 23.5. The van der Waals surface area contributed by atoms with Gasteiger partial charge in [-0.15, -0.1) is 0 Å². The summed E-state index contributed by atoms with van der Waals surface area (Å²) in [6, 6.07) is 9.16. The van der Waals surface area contributed by atoms with Gasteiger partial charge in [0, 0.05) is 16.8 Å². The summed E-state index contributed by atoms with van der Waals surface area (Å²) in [6.07, 6.45) is 0.